The van der Waals surface area contributed by atoms with Crippen molar-refractivity contribution in [3.63, 3.8) is 0 Å². The number of benzene rings is 1. The van der Waals surface area contributed by atoms with E-state index in [9.17, 15) is 28.7 Å². The zero-order valence-corrected chi connectivity index (χ0v) is 22.4. The molecular weight excluding hydrogens is 521 g/mol. The molecular formula is C29H28FN3O7. The van der Waals surface area contributed by atoms with Crippen LogP contribution in [0.1, 0.15) is 65.6 Å². The first kappa shape index (κ1) is 26.1. The summed E-state index contributed by atoms with van der Waals surface area (Å²) in [5.41, 5.74) is 1.26. The van der Waals surface area contributed by atoms with Gasteiger partial charge in [0.25, 0.3) is 5.56 Å². The highest BCUT2D eigenvalue weighted by Crippen LogP contribution is 2.47. The lowest BCUT2D eigenvalue weighted by atomic mass is 9.83. The number of methoxy groups -OCH3 is 1. The number of nitrogens with zero attached hydrogens (tertiary/aromatic N) is 2. The van der Waals surface area contributed by atoms with E-state index in [0.29, 0.717) is 35.2 Å². The van der Waals surface area contributed by atoms with E-state index in [0.717, 1.165) is 22.9 Å². The van der Waals surface area contributed by atoms with Crippen molar-refractivity contribution < 1.29 is 33.4 Å². The number of nitrogens with one attached hydrogen (secondary N) is 1. The van der Waals surface area contributed by atoms with Gasteiger partial charge in [-0.25, -0.2) is 14.2 Å². The zero-order chi connectivity index (χ0) is 28.5. The Morgan fingerprint density at radius 2 is 2.00 bits per heavy atom. The Bertz CT molecular complexity index is 1710. The van der Waals surface area contributed by atoms with E-state index in [2.05, 4.69) is 10.1 Å². The van der Waals surface area contributed by atoms with Crippen LogP contribution in [0.15, 0.2) is 16.9 Å². The Kier molecular flexibility index (Phi) is 6.02. The molecule has 2 aliphatic heterocycles. The van der Waals surface area contributed by atoms with Gasteiger partial charge in [-0.15, -0.1) is 0 Å². The van der Waals surface area contributed by atoms with Crippen LogP contribution in [0.25, 0.3) is 22.3 Å². The average molecular weight is 550 g/mol. The second-order valence-corrected chi connectivity index (χ2v) is 10.5. The van der Waals surface area contributed by atoms with E-state index >= 15 is 0 Å². The van der Waals surface area contributed by atoms with E-state index < -0.39 is 35.0 Å². The van der Waals surface area contributed by atoms with Crippen molar-refractivity contribution in [3.05, 3.63) is 61.7 Å². The molecule has 0 saturated carbocycles. The normalized spacial score (nSPS) is 20.4. The number of aromatic nitrogens is 2. The molecule has 3 aliphatic rings. The Hall–Kier alpha value is -4.12. The van der Waals surface area contributed by atoms with Gasteiger partial charge in [-0.1, -0.05) is 6.92 Å². The number of aliphatic hydroxyl groups is 1. The van der Waals surface area contributed by atoms with Crippen molar-refractivity contribution in [2.75, 3.05) is 13.7 Å². The van der Waals surface area contributed by atoms with Crippen molar-refractivity contribution >= 4 is 28.7 Å². The van der Waals surface area contributed by atoms with E-state index in [4.69, 9.17) is 9.72 Å². The molecule has 1 amide bonds. The van der Waals surface area contributed by atoms with Gasteiger partial charge < -0.3 is 19.9 Å². The summed E-state index contributed by atoms with van der Waals surface area (Å²) >= 11 is 0. The molecule has 208 valence electrons. The number of carbonyl (C=O) groups excluding carboxylic acids is 3. The third kappa shape index (κ3) is 3.53. The molecule has 2 N–H and O–H groups in total. The van der Waals surface area contributed by atoms with Crippen LogP contribution < -0.4 is 10.9 Å². The summed E-state index contributed by atoms with van der Waals surface area (Å²) < 4.78 is 26.1. The Morgan fingerprint density at radius 1 is 1.25 bits per heavy atom. The maximum atomic E-state index is 14.9. The van der Waals surface area contributed by atoms with Crippen molar-refractivity contribution in [3.8, 4) is 11.4 Å². The lowest BCUT2D eigenvalue weighted by Crippen LogP contribution is -2.45. The standard InChI is InChI=1S/C29H28FN3O7/c1-4-29(38)17-10-20-24-23(15-7-5-6-14-13(2)18(30)11-19(32-24)22(14)15)25(26(35)31-9-8-21(34)39-3)33(20)27(36)16(17)12-40-28(29)37/h10-11,25,38H,4-9,12H2,1-3H3,(H,31,35)/t25?,29-/m0/s1. The molecule has 4 heterocycles. The second kappa shape index (κ2) is 9.22. The molecule has 0 saturated heterocycles. The van der Waals surface area contributed by atoms with Gasteiger partial charge in [-0.2, -0.15) is 0 Å². The van der Waals surface area contributed by atoms with Crippen LogP contribution in [-0.4, -0.2) is 46.2 Å². The second-order valence-electron chi connectivity index (χ2n) is 10.5. The van der Waals surface area contributed by atoms with Crippen molar-refractivity contribution in [1.82, 2.24) is 14.9 Å². The molecule has 1 unspecified atom stereocenters. The van der Waals surface area contributed by atoms with Gasteiger partial charge in [-0.3, -0.25) is 19.0 Å². The quantitative estimate of drug-likeness (QED) is 0.463. The Morgan fingerprint density at radius 3 is 2.73 bits per heavy atom. The number of aryl methyl sites for hydroxylation is 2. The smallest absolute Gasteiger partial charge is 0.343 e. The summed E-state index contributed by atoms with van der Waals surface area (Å²) in [5.74, 6) is -2.26. The number of amides is 1. The van der Waals surface area contributed by atoms with Gasteiger partial charge in [0.2, 0.25) is 5.91 Å². The average Bonchev–Trinajstić information content (AvgIpc) is 3.28. The SMILES string of the molecule is CC[C@@]1(O)C(=O)OCc2c1cc1n(c2=O)C(C(=O)NCCC(=O)OC)c2c-1nc1cc(F)c(C)c3c1c2CCC3. The monoisotopic (exact) mass is 549 g/mol. The van der Waals surface area contributed by atoms with Crippen LogP contribution in [0.4, 0.5) is 4.39 Å². The number of ether oxygens (including phenoxy) is 2. The molecule has 0 radical (unpaired) electrons. The summed E-state index contributed by atoms with van der Waals surface area (Å²) in [6.07, 6.45) is 1.89. The number of pyridine rings is 2. The minimum Gasteiger partial charge on any atom is -0.469 e. The van der Waals surface area contributed by atoms with Gasteiger partial charge in [-0.05, 0) is 55.4 Å². The molecule has 2 aromatic heterocycles. The largest absolute Gasteiger partial charge is 0.469 e. The van der Waals surface area contributed by atoms with Crippen molar-refractivity contribution in [2.24, 2.45) is 0 Å². The zero-order valence-electron chi connectivity index (χ0n) is 22.4. The topological polar surface area (TPSA) is 137 Å². The molecule has 0 fully saturated rings. The van der Waals surface area contributed by atoms with Gasteiger partial charge in [0.1, 0.15) is 18.5 Å². The first-order valence-electron chi connectivity index (χ1n) is 13.3. The highest BCUT2D eigenvalue weighted by atomic mass is 19.1. The van der Waals surface area contributed by atoms with Crippen LogP contribution in [0.2, 0.25) is 0 Å². The van der Waals surface area contributed by atoms with Gasteiger partial charge in [0.15, 0.2) is 5.60 Å². The van der Waals surface area contributed by atoms with Crippen LogP contribution in [0, 0.1) is 12.7 Å². The molecule has 1 aromatic carbocycles. The first-order chi connectivity index (χ1) is 19.1. The predicted octanol–water partition coefficient (Wildman–Crippen LogP) is 2.24. The fourth-order valence-electron chi connectivity index (χ4n) is 6.35. The van der Waals surface area contributed by atoms with Crippen molar-refractivity contribution in [1.29, 1.82) is 0 Å². The molecule has 11 heteroatoms. The third-order valence-electron chi connectivity index (χ3n) is 8.46. The lowest BCUT2D eigenvalue weighted by molar-refractivity contribution is -0.172. The van der Waals surface area contributed by atoms with Crippen LogP contribution in [0.3, 0.4) is 0 Å². The van der Waals surface area contributed by atoms with E-state index in [1.807, 2.05) is 0 Å². The van der Waals surface area contributed by atoms with Gasteiger partial charge >= 0.3 is 11.9 Å². The number of halogens is 1. The summed E-state index contributed by atoms with van der Waals surface area (Å²) in [5, 5.41) is 14.8. The minimum atomic E-state index is -2.04. The van der Waals surface area contributed by atoms with Gasteiger partial charge in [0, 0.05) is 29.1 Å². The summed E-state index contributed by atoms with van der Waals surface area (Å²) in [6, 6.07) is 1.77. The number of carbonyl (C=O) groups is 3. The van der Waals surface area contributed by atoms with Crippen molar-refractivity contribution in [2.45, 2.75) is 64.2 Å². The number of cyclic esters (lactones) is 1. The minimum absolute atomic E-state index is 0.00846. The van der Waals surface area contributed by atoms with Gasteiger partial charge in [0.05, 0.1) is 36.0 Å². The van der Waals surface area contributed by atoms with Crippen LogP contribution >= 0.6 is 0 Å². The molecule has 2 atom stereocenters. The van der Waals surface area contributed by atoms with E-state index in [1.165, 1.54) is 23.8 Å². The molecule has 0 spiro atoms. The fraction of sp³-hybridized carbons (Fsp3) is 0.414. The lowest BCUT2D eigenvalue weighted by Gasteiger charge is -2.32. The maximum absolute atomic E-state index is 14.9. The van der Waals surface area contributed by atoms with Crippen LogP contribution in [0.5, 0.6) is 0 Å². The molecule has 0 bridgehead atoms. The number of esters is 2. The highest BCUT2D eigenvalue weighted by molar-refractivity contribution is 5.97. The molecule has 1 aliphatic carbocycles. The number of fused-ring (bicyclic) bond motifs is 5. The number of hydrogen-bond donors (Lipinski definition) is 2. The first-order valence-corrected chi connectivity index (χ1v) is 13.3. The summed E-state index contributed by atoms with van der Waals surface area (Å²) in [6.45, 7) is 2.97. The fourth-order valence-corrected chi connectivity index (χ4v) is 6.35. The highest BCUT2D eigenvalue weighted by Gasteiger charge is 2.48. The summed E-state index contributed by atoms with van der Waals surface area (Å²) in [4.78, 5) is 56.8. The third-order valence-corrected chi connectivity index (χ3v) is 8.46. The van der Waals surface area contributed by atoms with Crippen LogP contribution in [-0.2, 0) is 48.9 Å². The predicted molar refractivity (Wildman–Crippen MR) is 140 cm³/mol. The van der Waals surface area contributed by atoms with E-state index in [-0.39, 0.29) is 48.6 Å². The number of hydrogen-bond acceptors (Lipinski definition) is 8. The number of rotatable bonds is 5. The molecule has 3 aromatic rings. The van der Waals surface area contributed by atoms with E-state index in [1.54, 1.807) is 13.8 Å². The molecule has 6 rings (SSSR count). The summed E-state index contributed by atoms with van der Waals surface area (Å²) in [7, 11) is 1.25. The molecule has 10 nitrogen and oxygen atoms in total. The Balaban J connectivity index is 1.64. The molecule has 40 heavy (non-hydrogen) atoms. The maximum Gasteiger partial charge on any atom is 0.343 e. The Labute approximate surface area is 228 Å².